The van der Waals surface area contributed by atoms with Gasteiger partial charge in [-0.1, -0.05) is 58.4 Å². The molecule has 0 heterocycles. The van der Waals surface area contributed by atoms with Crippen molar-refractivity contribution in [2.24, 2.45) is 0 Å². The van der Waals surface area contributed by atoms with Crippen molar-refractivity contribution in [3.63, 3.8) is 0 Å². The first-order chi connectivity index (χ1) is 12.0. The van der Waals surface area contributed by atoms with Crippen LogP contribution >= 0.6 is 15.9 Å². The van der Waals surface area contributed by atoms with E-state index in [0.717, 1.165) is 26.7 Å². The first-order valence-corrected chi connectivity index (χ1v) is 8.80. The van der Waals surface area contributed by atoms with Crippen molar-refractivity contribution in [1.82, 2.24) is 0 Å². The Morgan fingerprint density at radius 1 is 1.00 bits per heavy atom. The number of halogens is 1. The van der Waals surface area contributed by atoms with Crippen molar-refractivity contribution >= 4 is 27.7 Å². The molecule has 25 heavy (non-hydrogen) atoms. The van der Waals surface area contributed by atoms with Crippen LogP contribution in [0, 0.1) is 6.92 Å². The normalized spacial score (nSPS) is 10.8. The molecule has 0 fully saturated rings. The molecule has 1 N–H and O–H groups in total. The lowest BCUT2D eigenvalue weighted by Gasteiger charge is -2.04. The Hall–Kier alpha value is -2.46. The van der Waals surface area contributed by atoms with Gasteiger partial charge in [-0.3, -0.25) is 9.59 Å². The third kappa shape index (κ3) is 3.49. The molecule has 0 saturated heterocycles. The fourth-order valence-electron chi connectivity index (χ4n) is 3.20. The Morgan fingerprint density at radius 2 is 1.72 bits per heavy atom. The quantitative estimate of drug-likeness (QED) is 0.609. The average molecular weight is 397 g/mol. The van der Waals surface area contributed by atoms with Gasteiger partial charge in [-0.15, -0.1) is 0 Å². The van der Waals surface area contributed by atoms with E-state index in [9.17, 15) is 9.59 Å². The molecule has 1 aromatic carbocycles. The van der Waals surface area contributed by atoms with E-state index in [-0.39, 0.29) is 12.2 Å². The van der Waals surface area contributed by atoms with Crippen molar-refractivity contribution in [1.29, 1.82) is 0 Å². The first-order valence-electron chi connectivity index (χ1n) is 8.01. The lowest BCUT2D eigenvalue weighted by molar-refractivity contribution is -0.136. The highest BCUT2D eigenvalue weighted by Crippen LogP contribution is 2.38. The number of carbonyl (C=O) groups is 2. The van der Waals surface area contributed by atoms with Crippen LogP contribution in [0.1, 0.15) is 33.5 Å². The Morgan fingerprint density at radius 3 is 2.40 bits per heavy atom. The molecule has 4 heteroatoms. The maximum atomic E-state index is 13.1. The molecule has 0 amide bonds. The molecule has 2 aliphatic carbocycles. The number of carbonyl (C=O) groups excluding carboxylic acids is 1. The average Bonchev–Trinajstić information content (AvgIpc) is 2.72. The number of aliphatic carboxylic acids is 1. The van der Waals surface area contributed by atoms with Crippen LogP contribution in [0.15, 0.2) is 59.1 Å². The number of hydrogen-bond acceptors (Lipinski definition) is 2. The highest BCUT2D eigenvalue weighted by molar-refractivity contribution is 9.10. The van der Waals surface area contributed by atoms with Crippen LogP contribution in [0.3, 0.4) is 0 Å². The molecule has 0 spiro atoms. The number of rotatable bonds is 5. The monoisotopic (exact) mass is 396 g/mol. The van der Waals surface area contributed by atoms with Crippen molar-refractivity contribution in [3.8, 4) is 11.1 Å². The Bertz CT molecular complexity index is 930. The van der Waals surface area contributed by atoms with E-state index < -0.39 is 5.97 Å². The first kappa shape index (κ1) is 17.4. The lowest BCUT2D eigenvalue weighted by atomic mass is 9.99. The molecular formula is C21H17BrO3. The number of benzene rings is 1. The van der Waals surface area contributed by atoms with Gasteiger partial charge in [0.2, 0.25) is 0 Å². The van der Waals surface area contributed by atoms with Crippen LogP contribution in [0.25, 0.3) is 11.1 Å². The van der Waals surface area contributed by atoms with Crippen LogP contribution in [-0.2, 0) is 11.2 Å². The van der Waals surface area contributed by atoms with Crippen molar-refractivity contribution < 1.29 is 14.7 Å². The molecule has 0 saturated carbocycles. The Balaban J connectivity index is 2.16. The summed E-state index contributed by atoms with van der Waals surface area (Å²) in [5.74, 6) is -0.884. The summed E-state index contributed by atoms with van der Waals surface area (Å²) >= 11 is 3.41. The van der Waals surface area contributed by atoms with Crippen molar-refractivity contribution in [2.45, 2.75) is 19.8 Å². The predicted octanol–water partition coefficient (Wildman–Crippen LogP) is 5.11. The zero-order chi connectivity index (χ0) is 18.0. The largest absolute Gasteiger partial charge is 0.481 e. The van der Waals surface area contributed by atoms with Crippen LogP contribution in [0.5, 0.6) is 0 Å². The van der Waals surface area contributed by atoms with E-state index in [4.69, 9.17) is 5.11 Å². The summed E-state index contributed by atoms with van der Waals surface area (Å²) < 4.78 is 0.850. The summed E-state index contributed by atoms with van der Waals surface area (Å²) in [5, 5.41) is 9.04. The van der Waals surface area contributed by atoms with E-state index in [1.54, 1.807) is 12.1 Å². The third-order valence-corrected chi connectivity index (χ3v) is 4.86. The van der Waals surface area contributed by atoms with Crippen molar-refractivity contribution in [2.75, 3.05) is 0 Å². The number of carboxylic acids is 1. The zero-order valence-electron chi connectivity index (χ0n) is 13.8. The fourth-order valence-corrected chi connectivity index (χ4v) is 3.60. The van der Waals surface area contributed by atoms with Gasteiger partial charge in [0.15, 0.2) is 5.78 Å². The molecule has 0 aromatic heterocycles. The number of carboxylic acid groups (broad SMARTS) is 1. The predicted molar refractivity (Wildman–Crippen MR) is 101 cm³/mol. The van der Waals surface area contributed by atoms with Gasteiger partial charge >= 0.3 is 5.97 Å². The molecule has 0 unspecified atom stereocenters. The van der Waals surface area contributed by atoms with Crippen LogP contribution in [-0.4, -0.2) is 16.9 Å². The molecule has 2 aliphatic rings. The summed E-state index contributed by atoms with van der Waals surface area (Å²) in [7, 11) is 0. The van der Waals surface area contributed by atoms with Crippen LogP contribution in [0.2, 0.25) is 0 Å². The molecule has 0 radical (unpaired) electrons. The topological polar surface area (TPSA) is 54.4 Å². The summed E-state index contributed by atoms with van der Waals surface area (Å²) in [6.07, 6.45) is 0.455. The summed E-state index contributed by atoms with van der Waals surface area (Å²) in [6.45, 7) is 1.91. The standard InChI is InChI=1S/C21H17BrO3/c1-13-16(10-11-19(23)24)17-8-3-2-4-9-18(17)20(13)21(25)14-6-5-7-15(22)12-14/h2-9,12H,10-11H2,1H3,(H,23,24). The maximum absolute atomic E-state index is 13.1. The lowest BCUT2D eigenvalue weighted by Crippen LogP contribution is -2.03. The SMILES string of the molecule is Cc1c(CCC(=O)O)c2cccccc-2c1C(=O)c1cccc(Br)c1. The highest BCUT2D eigenvalue weighted by atomic mass is 79.9. The Labute approximate surface area is 154 Å². The second kappa shape index (κ2) is 7.19. The number of hydrogen-bond donors (Lipinski definition) is 1. The maximum Gasteiger partial charge on any atom is 0.303 e. The van der Waals surface area contributed by atoms with E-state index >= 15 is 0 Å². The molecular weight excluding hydrogens is 380 g/mol. The second-order valence-corrected chi connectivity index (χ2v) is 6.87. The van der Waals surface area contributed by atoms with Gasteiger partial charge in [-0.25, -0.2) is 0 Å². The van der Waals surface area contributed by atoms with E-state index in [2.05, 4.69) is 15.9 Å². The minimum absolute atomic E-state index is 0.0447. The zero-order valence-corrected chi connectivity index (χ0v) is 15.3. The minimum Gasteiger partial charge on any atom is -0.481 e. The second-order valence-electron chi connectivity index (χ2n) is 5.95. The van der Waals surface area contributed by atoms with Crippen LogP contribution < -0.4 is 0 Å². The highest BCUT2D eigenvalue weighted by Gasteiger charge is 2.25. The molecule has 3 rings (SSSR count). The fraction of sp³-hybridized carbons (Fsp3) is 0.143. The number of ketones is 1. The molecule has 126 valence electrons. The molecule has 0 atom stereocenters. The van der Waals surface area contributed by atoms with Gasteiger partial charge < -0.3 is 5.11 Å². The smallest absolute Gasteiger partial charge is 0.303 e. The summed E-state index contributed by atoms with van der Waals surface area (Å²) in [4.78, 5) is 24.2. The third-order valence-electron chi connectivity index (χ3n) is 4.36. The summed E-state index contributed by atoms with van der Waals surface area (Å²) in [6, 6.07) is 16.9. The van der Waals surface area contributed by atoms with Crippen LogP contribution in [0.4, 0.5) is 0 Å². The Kier molecular flexibility index (Phi) is 5.00. The molecule has 3 nitrogen and oxygen atoms in total. The van der Waals surface area contributed by atoms with E-state index in [0.29, 0.717) is 17.5 Å². The minimum atomic E-state index is -0.839. The molecule has 0 bridgehead atoms. The van der Waals surface area contributed by atoms with Gasteiger partial charge in [0, 0.05) is 22.0 Å². The molecule has 0 aliphatic heterocycles. The van der Waals surface area contributed by atoms with Gasteiger partial charge in [0.25, 0.3) is 0 Å². The van der Waals surface area contributed by atoms with Gasteiger partial charge in [0.05, 0.1) is 0 Å². The van der Waals surface area contributed by atoms with E-state index in [1.807, 2.05) is 49.4 Å². The van der Waals surface area contributed by atoms with Crippen molar-refractivity contribution in [3.05, 3.63) is 81.3 Å². The van der Waals surface area contributed by atoms with Gasteiger partial charge in [-0.2, -0.15) is 0 Å². The number of fused-ring (bicyclic) bond motifs is 1. The van der Waals surface area contributed by atoms with Gasteiger partial charge in [0.1, 0.15) is 0 Å². The summed E-state index contributed by atoms with van der Waals surface area (Å²) in [5.41, 5.74) is 4.89. The molecule has 1 aromatic rings. The van der Waals surface area contributed by atoms with E-state index in [1.165, 1.54) is 0 Å². The van der Waals surface area contributed by atoms with Gasteiger partial charge in [-0.05, 0) is 47.7 Å².